The molecule has 2 heterocycles. The number of hydrogen-bond acceptors (Lipinski definition) is 5. The molecule has 0 atom stereocenters. The van der Waals surface area contributed by atoms with E-state index < -0.39 is 5.97 Å². The van der Waals surface area contributed by atoms with Crippen LogP contribution in [0.4, 0.5) is 0 Å². The Morgan fingerprint density at radius 2 is 2.00 bits per heavy atom. The summed E-state index contributed by atoms with van der Waals surface area (Å²) in [6.45, 7) is 1.87. The second-order valence-electron chi connectivity index (χ2n) is 6.01. The molecule has 29 heavy (non-hydrogen) atoms. The summed E-state index contributed by atoms with van der Waals surface area (Å²) in [7, 11) is 0. The first kappa shape index (κ1) is 21.8. The first-order valence-corrected chi connectivity index (χ1v) is 10.8. The SMILES string of the molecule is Cc1nn(Cc2ccccc2Cl)c(Cl)c1C=CC(=O)OCC(=O)c1ccc(Br)s1. The van der Waals surface area contributed by atoms with Crippen LogP contribution in [-0.2, 0) is 16.1 Å². The molecular weight excluding hydrogens is 499 g/mol. The summed E-state index contributed by atoms with van der Waals surface area (Å²) in [6.07, 6.45) is 2.76. The number of esters is 1. The van der Waals surface area contributed by atoms with Crippen molar-refractivity contribution in [3.8, 4) is 0 Å². The molecule has 2 aromatic heterocycles. The lowest BCUT2D eigenvalue weighted by atomic mass is 10.2. The Labute approximate surface area is 190 Å². The minimum atomic E-state index is -0.636. The molecule has 3 rings (SSSR count). The van der Waals surface area contributed by atoms with Gasteiger partial charge in [0, 0.05) is 16.7 Å². The van der Waals surface area contributed by atoms with Gasteiger partial charge < -0.3 is 4.74 Å². The summed E-state index contributed by atoms with van der Waals surface area (Å²) >= 11 is 17.2. The van der Waals surface area contributed by atoms with E-state index in [1.807, 2.05) is 18.2 Å². The Morgan fingerprint density at radius 1 is 1.24 bits per heavy atom. The van der Waals surface area contributed by atoms with Crippen LogP contribution in [0.25, 0.3) is 6.08 Å². The Morgan fingerprint density at radius 3 is 2.69 bits per heavy atom. The Kier molecular flexibility index (Phi) is 7.29. The summed E-state index contributed by atoms with van der Waals surface area (Å²) in [6, 6.07) is 10.9. The normalized spacial score (nSPS) is 11.2. The highest BCUT2D eigenvalue weighted by molar-refractivity contribution is 9.11. The Hall–Kier alpha value is -1.93. The molecule has 0 bridgehead atoms. The van der Waals surface area contributed by atoms with E-state index in [0.29, 0.717) is 32.9 Å². The molecule has 1 aromatic carbocycles. The van der Waals surface area contributed by atoms with Crippen molar-refractivity contribution in [2.45, 2.75) is 13.5 Å². The molecule has 0 aliphatic heterocycles. The van der Waals surface area contributed by atoms with Crippen LogP contribution in [0.15, 0.2) is 46.3 Å². The van der Waals surface area contributed by atoms with E-state index in [4.69, 9.17) is 27.9 Å². The average molecular weight is 514 g/mol. The standard InChI is InChI=1S/C20H15BrCl2N2O3S/c1-12-14(20(23)25(24-12)10-13-4-2-3-5-15(13)22)6-9-19(27)28-11-16(26)17-7-8-18(21)29-17/h2-9H,10-11H2,1H3. The number of rotatable bonds is 7. The predicted octanol–water partition coefficient (Wildman–Crippen LogP) is 5.81. The Bertz CT molecular complexity index is 1090. The molecule has 0 aliphatic rings. The van der Waals surface area contributed by atoms with E-state index in [-0.39, 0.29) is 12.4 Å². The second kappa shape index (κ2) is 9.71. The fourth-order valence-electron chi connectivity index (χ4n) is 2.52. The van der Waals surface area contributed by atoms with Gasteiger partial charge in [0.2, 0.25) is 5.78 Å². The summed E-state index contributed by atoms with van der Waals surface area (Å²) in [5, 5.41) is 5.41. The molecular formula is C20H15BrCl2N2O3S. The largest absolute Gasteiger partial charge is 0.454 e. The van der Waals surface area contributed by atoms with E-state index in [9.17, 15) is 9.59 Å². The molecule has 9 heteroatoms. The van der Waals surface area contributed by atoms with E-state index in [1.54, 1.807) is 29.8 Å². The number of ether oxygens (including phenoxy) is 1. The first-order valence-electron chi connectivity index (χ1n) is 8.45. The minimum Gasteiger partial charge on any atom is -0.454 e. The smallest absolute Gasteiger partial charge is 0.331 e. The number of aryl methyl sites for hydroxylation is 1. The van der Waals surface area contributed by atoms with Gasteiger partial charge in [0.25, 0.3) is 0 Å². The zero-order chi connectivity index (χ0) is 21.0. The van der Waals surface area contributed by atoms with Crippen molar-refractivity contribution in [3.05, 3.63) is 78.1 Å². The third kappa shape index (κ3) is 5.57. The number of aromatic nitrogens is 2. The zero-order valence-corrected chi connectivity index (χ0v) is 19.1. The summed E-state index contributed by atoms with van der Waals surface area (Å²) in [5.74, 6) is -0.896. The highest BCUT2D eigenvalue weighted by Crippen LogP contribution is 2.25. The van der Waals surface area contributed by atoms with Crippen molar-refractivity contribution in [2.24, 2.45) is 0 Å². The van der Waals surface area contributed by atoms with Gasteiger partial charge in [0.15, 0.2) is 6.61 Å². The van der Waals surface area contributed by atoms with Crippen molar-refractivity contribution in [1.82, 2.24) is 9.78 Å². The first-order chi connectivity index (χ1) is 13.8. The van der Waals surface area contributed by atoms with E-state index in [1.165, 1.54) is 23.5 Å². The predicted molar refractivity (Wildman–Crippen MR) is 119 cm³/mol. The van der Waals surface area contributed by atoms with E-state index in [2.05, 4.69) is 21.0 Å². The summed E-state index contributed by atoms with van der Waals surface area (Å²) < 4.78 is 7.47. The summed E-state index contributed by atoms with van der Waals surface area (Å²) in [4.78, 5) is 24.5. The number of nitrogens with zero attached hydrogens (tertiary/aromatic N) is 2. The van der Waals surface area contributed by atoms with Gasteiger partial charge in [0.1, 0.15) is 5.15 Å². The number of ketones is 1. The fraction of sp³-hybridized carbons (Fsp3) is 0.150. The molecule has 0 N–H and O–H groups in total. The number of benzene rings is 1. The number of carbonyl (C=O) groups excluding carboxylic acids is 2. The van der Waals surface area contributed by atoms with Crippen molar-refractivity contribution in [3.63, 3.8) is 0 Å². The van der Waals surface area contributed by atoms with Gasteiger partial charge in [0.05, 0.1) is 20.9 Å². The van der Waals surface area contributed by atoms with Gasteiger partial charge in [-0.1, -0.05) is 41.4 Å². The molecule has 5 nitrogen and oxygen atoms in total. The maximum atomic E-state index is 12.0. The van der Waals surface area contributed by atoms with Crippen LogP contribution in [-0.4, -0.2) is 28.1 Å². The molecule has 150 valence electrons. The monoisotopic (exact) mass is 512 g/mol. The van der Waals surface area contributed by atoms with Crippen LogP contribution in [0, 0.1) is 6.92 Å². The number of thiophene rings is 1. The van der Waals surface area contributed by atoms with Crippen molar-refractivity contribution < 1.29 is 14.3 Å². The van der Waals surface area contributed by atoms with Gasteiger partial charge in [-0.15, -0.1) is 11.3 Å². The van der Waals surface area contributed by atoms with Crippen LogP contribution in [0.3, 0.4) is 0 Å². The average Bonchev–Trinajstić information content (AvgIpc) is 3.23. The Balaban J connectivity index is 1.64. The van der Waals surface area contributed by atoms with E-state index in [0.717, 1.165) is 9.35 Å². The van der Waals surface area contributed by atoms with Crippen LogP contribution < -0.4 is 0 Å². The molecule has 3 aromatic rings. The number of carbonyl (C=O) groups is 2. The van der Waals surface area contributed by atoms with Crippen molar-refractivity contribution >= 4 is 68.3 Å². The lowest BCUT2D eigenvalue weighted by molar-refractivity contribution is -0.136. The molecule has 0 fully saturated rings. The molecule has 0 unspecified atom stereocenters. The zero-order valence-electron chi connectivity index (χ0n) is 15.2. The van der Waals surface area contributed by atoms with E-state index >= 15 is 0 Å². The van der Waals surface area contributed by atoms with Crippen LogP contribution in [0.2, 0.25) is 10.2 Å². The molecule has 0 saturated heterocycles. The van der Waals surface area contributed by atoms with Crippen molar-refractivity contribution in [1.29, 1.82) is 0 Å². The van der Waals surface area contributed by atoms with Crippen LogP contribution >= 0.6 is 50.5 Å². The highest BCUT2D eigenvalue weighted by atomic mass is 79.9. The number of halogens is 3. The lowest BCUT2D eigenvalue weighted by Gasteiger charge is -2.05. The maximum Gasteiger partial charge on any atom is 0.331 e. The third-order valence-corrected chi connectivity index (χ3v) is 6.40. The lowest BCUT2D eigenvalue weighted by Crippen LogP contribution is -2.11. The van der Waals surface area contributed by atoms with Crippen molar-refractivity contribution in [2.75, 3.05) is 6.61 Å². The molecule has 0 amide bonds. The van der Waals surface area contributed by atoms with Gasteiger partial charge in [-0.05, 0) is 52.7 Å². The quantitative estimate of drug-likeness (QED) is 0.227. The number of hydrogen-bond donors (Lipinski definition) is 0. The van der Waals surface area contributed by atoms with Gasteiger partial charge in [-0.25, -0.2) is 9.48 Å². The molecule has 0 saturated carbocycles. The molecule has 0 spiro atoms. The highest BCUT2D eigenvalue weighted by Gasteiger charge is 2.14. The fourth-order valence-corrected chi connectivity index (χ4v) is 4.32. The molecule has 0 aliphatic carbocycles. The minimum absolute atomic E-state index is 0.260. The van der Waals surface area contributed by atoms with Gasteiger partial charge in [-0.2, -0.15) is 5.10 Å². The third-order valence-electron chi connectivity index (χ3n) is 3.97. The van der Waals surface area contributed by atoms with Crippen LogP contribution in [0.1, 0.15) is 26.5 Å². The topological polar surface area (TPSA) is 61.2 Å². The maximum absolute atomic E-state index is 12.0. The van der Waals surface area contributed by atoms with Crippen LogP contribution in [0.5, 0.6) is 0 Å². The summed E-state index contributed by atoms with van der Waals surface area (Å²) in [5.41, 5.74) is 2.14. The molecule has 0 radical (unpaired) electrons. The van der Waals surface area contributed by atoms with Gasteiger partial charge >= 0.3 is 5.97 Å². The second-order valence-corrected chi connectivity index (χ2v) is 9.24. The van der Waals surface area contributed by atoms with Gasteiger partial charge in [-0.3, -0.25) is 4.79 Å². The number of Topliss-reactive ketones (excluding diaryl/α,β-unsaturated/α-hetero) is 1.